The number of ether oxygens (including phenoxy) is 1. The Morgan fingerprint density at radius 2 is 1.67 bits per heavy atom. The SMILES string of the molecule is CCCCOCC(=O)NCc1nc2c(-c3ccccc3)c(-c3ccccc3)[nH]n2c(=O)c1-c1ccc2ncccc2c1. The Kier molecular flexibility index (Phi) is 7.87. The Labute approximate surface area is 243 Å². The molecule has 8 nitrogen and oxygen atoms in total. The van der Waals surface area contributed by atoms with Crippen molar-refractivity contribution in [3.05, 3.63) is 113 Å². The molecule has 0 unspecified atom stereocenters. The fourth-order valence-corrected chi connectivity index (χ4v) is 5.10. The van der Waals surface area contributed by atoms with Gasteiger partial charge in [-0.1, -0.05) is 86.1 Å². The van der Waals surface area contributed by atoms with Gasteiger partial charge in [0.15, 0.2) is 5.65 Å². The number of unbranched alkanes of at least 4 members (excludes halogenated alkanes) is 1. The van der Waals surface area contributed by atoms with Crippen LogP contribution in [0.25, 0.3) is 50.1 Å². The first-order valence-corrected chi connectivity index (χ1v) is 14.1. The molecule has 0 spiro atoms. The first kappa shape index (κ1) is 27.1. The zero-order valence-corrected chi connectivity index (χ0v) is 23.3. The topological polar surface area (TPSA) is 101 Å². The largest absolute Gasteiger partial charge is 0.372 e. The average Bonchev–Trinajstić information content (AvgIpc) is 3.43. The number of nitrogens with zero attached hydrogens (tertiary/aromatic N) is 3. The minimum Gasteiger partial charge on any atom is -0.372 e. The Morgan fingerprint density at radius 1 is 0.905 bits per heavy atom. The monoisotopic (exact) mass is 557 g/mol. The van der Waals surface area contributed by atoms with Crippen molar-refractivity contribution in [3.8, 4) is 33.5 Å². The number of carbonyl (C=O) groups excluding carboxylic acids is 1. The summed E-state index contributed by atoms with van der Waals surface area (Å²) in [5.41, 5.74) is 6.08. The number of hydrogen-bond acceptors (Lipinski definition) is 5. The summed E-state index contributed by atoms with van der Waals surface area (Å²) in [5, 5.41) is 7.17. The minimum absolute atomic E-state index is 0.0459. The number of carbonyl (C=O) groups is 1. The number of aromatic amines is 1. The summed E-state index contributed by atoms with van der Waals surface area (Å²) in [7, 11) is 0. The van der Waals surface area contributed by atoms with Gasteiger partial charge in [-0.2, -0.15) is 4.52 Å². The third-order valence-electron chi connectivity index (χ3n) is 7.20. The predicted molar refractivity (Wildman–Crippen MR) is 165 cm³/mol. The van der Waals surface area contributed by atoms with E-state index in [1.165, 1.54) is 4.52 Å². The molecule has 0 aliphatic carbocycles. The van der Waals surface area contributed by atoms with Gasteiger partial charge in [-0.3, -0.25) is 19.7 Å². The molecule has 0 fully saturated rings. The van der Waals surface area contributed by atoms with E-state index in [-0.39, 0.29) is 24.6 Å². The summed E-state index contributed by atoms with van der Waals surface area (Å²) < 4.78 is 7.01. The van der Waals surface area contributed by atoms with Crippen molar-refractivity contribution in [2.45, 2.75) is 26.3 Å². The van der Waals surface area contributed by atoms with E-state index in [9.17, 15) is 9.59 Å². The number of benzene rings is 3. The molecule has 6 rings (SSSR count). The van der Waals surface area contributed by atoms with Crippen LogP contribution >= 0.6 is 0 Å². The maximum atomic E-state index is 14.3. The second-order valence-corrected chi connectivity index (χ2v) is 10.1. The molecule has 42 heavy (non-hydrogen) atoms. The smallest absolute Gasteiger partial charge is 0.280 e. The zero-order valence-electron chi connectivity index (χ0n) is 23.3. The molecule has 0 atom stereocenters. The second kappa shape index (κ2) is 12.2. The van der Waals surface area contributed by atoms with Gasteiger partial charge in [0.1, 0.15) is 6.61 Å². The van der Waals surface area contributed by atoms with Crippen molar-refractivity contribution in [2.24, 2.45) is 0 Å². The lowest BCUT2D eigenvalue weighted by Gasteiger charge is -2.12. The number of fused-ring (bicyclic) bond motifs is 2. The van der Waals surface area contributed by atoms with E-state index < -0.39 is 0 Å². The highest BCUT2D eigenvalue weighted by molar-refractivity contribution is 5.91. The minimum atomic E-state index is -0.260. The van der Waals surface area contributed by atoms with Crippen LogP contribution in [0.5, 0.6) is 0 Å². The highest BCUT2D eigenvalue weighted by Gasteiger charge is 2.23. The lowest BCUT2D eigenvalue weighted by Crippen LogP contribution is -2.30. The van der Waals surface area contributed by atoms with E-state index in [0.717, 1.165) is 46.1 Å². The summed E-state index contributed by atoms with van der Waals surface area (Å²) >= 11 is 0. The van der Waals surface area contributed by atoms with E-state index in [2.05, 4.69) is 22.3 Å². The summed E-state index contributed by atoms with van der Waals surface area (Å²) in [4.78, 5) is 36.5. The van der Waals surface area contributed by atoms with Gasteiger partial charge in [0, 0.05) is 23.8 Å². The normalized spacial score (nSPS) is 11.3. The maximum absolute atomic E-state index is 14.3. The Bertz CT molecular complexity index is 1910. The van der Waals surface area contributed by atoms with Gasteiger partial charge >= 0.3 is 0 Å². The van der Waals surface area contributed by atoms with Crippen LogP contribution in [0.1, 0.15) is 25.5 Å². The molecule has 0 saturated carbocycles. The number of hydrogen-bond donors (Lipinski definition) is 2. The first-order valence-electron chi connectivity index (χ1n) is 14.1. The van der Waals surface area contributed by atoms with Crippen LogP contribution in [0.3, 0.4) is 0 Å². The van der Waals surface area contributed by atoms with Gasteiger partial charge in [0.25, 0.3) is 5.56 Å². The summed E-state index contributed by atoms with van der Waals surface area (Å²) in [6, 6.07) is 29.3. The molecule has 0 bridgehead atoms. The van der Waals surface area contributed by atoms with Gasteiger partial charge in [0.2, 0.25) is 5.91 Å². The molecule has 8 heteroatoms. The van der Waals surface area contributed by atoms with Gasteiger partial charge in [0.05, 0.1) is 34.6 Å². The Morgan fingerprint density at radius 3 is 2.43 bits per heavy atom. The van der Waals surface area contributed by atoms with Gasteiger partial charge in [-0.15, -0.1) is 0 Å². The van der Waals surface area contributed by atoms with E-state index in [1.807, 2.05) is 91.0 Å². The standard InChI is InChI=1S/C34H31N5O3/c1-2-3-19-42-22-29(40)36-21-28-30(26-16-17-27-25(20-26)15-10-18-35-27)34(41)39-33(37-28)31(23-11-6-4-7-12-23)32(38-39)24-13-8-5-9-14-24/h4-18,20,38H,2-3,19,21-22H2,1H3,(H,36,40). The van der Waals surface area contributed by atoms with E-state index in [4.69, 9.17) is 9.72 Å². The number of H-pyrrole nitrogens is 1. The molecule has 210 valence electrons. The van der Waals surface area contributed by atoms with E-state index >= 15 is 0 Å². The van der Waals surface area contributed by atoms with Crippen molar-refractivity contribution < 1.29 is 9.53 Å². The molecule has 3 heterocycles. The molecule has 6 aromatic rings. The molecule has 0 aliphatic rings. The van der Waals surface area contributed by atoms with Crippen LogP contribution in [-0.4, -0.2) is 38.7 Å². The van der Waals surface area contributed by atoms with Crippen LogP contribution in [0.15, 0.2) is 102 Å². The highest BCUT2D eigenvalue weighted by atomic mass is 16.5. The molecule has 3 aromatic heterocycles. The quantitative estimate of drug-likeness (QED) is 0.201. The van der Waals surface area contributed by atoms with Crippen molar-refractivity contribution >= 4 is 22.5 Å². The summed E-state index contributed by atoms with van der Waals surface area (Å²) in [5.74, 6) is -0.260. The number of amides is 1. The lowest BCUT2D eigenvalue weighted by molar-refractivity contribution is -0.125. The van der Waals surface area contributed by atoms with Crippen LogP contribution in [-0.2, 0) is 16.1 Å². The summed E-state index contributed by atoms with van der Waals surface area (Å²) in [6.07, 6.45) is 3.62. The van der Waals surface area contributed by atoms with Crippen molar-refractivity contribution in [2.75, 3.05) is 13.2 Å². The molecule has 0 aliphatic heterocycles. The lowest BCUT2D eigenvalue weighted by atomic mass is 10.0. The molecule has 1 amide bonds. The van der Waals surface area contributed by atoms with Crippen molar-refractivity contribution in [1.29, 1.82) is 0 Å². The Hall–Kier alpha value is -5.08. The maximum Gasteiger partial charge on any atom is 0.280 e. The second-order valence-electron chi connectivity index (χ2n) is 10.1. The fourth-order valence-electron chi connectivity index (χ4n) is 5.10. The van der Waals surface area contributed by atoms with E-state index in [1.54, 1.807) is 6.20 Å². The Balaban J connectivity index is 1.53. The number of pyridine rings is 1. The third kappa shape index (κ3) is 5.44. The molecule has 0 saturated heterocycles. The fraction of sp³-hybridized carbons (Fsp3) is 0.176. The number of rotatable bonds is 10. The van der Waals surface area contributed by atoms with Crippen molar-refractivity contribution in [3.63, 3.8) is 0 Å². The molecule has 2 N–H and O–H groups in total. The summed E-state index contributed by atoms with van der Waals surface area (Å²) in [6.45, 7) is 2.62. The molecule has 0 radical (unpaired) electrons. The predicted octanol–water partition coefficient (Wildman–Crippen LogP) is 6.00. The van der Waals surface area contributed by atoms with Gasteiger partial charge in [-0.25, -0.2) is 4.98 Å². The van der Waals surface area contributed by atoms with Crippen LogP contribution in [0.2, 0.25) is 0 Å². The van der Waals surface area contributed by atoms with Gasteiger partial charge in [-0.05, 0) is 35.7 Å². The van der Waals surface area contributed by atoms with Crippen LogP contribution in [0, 0.1) is 0 Å². The molecule has 3 aromatic carbocycles. The van der Waals surface area contributed by atoms with Crippen molar-refractivity contribution in [1.82, 2.24) is 24.9 Å². The third-order valence-corrected chi connectivity index (χ3v) is 7.20. The average molecular weight is 558 g/mol. The highest BCUT2D eigenvalue weighted by Crippen LogP contribution is 2.35. The van der Waals surface area contributed by atoms with Gasteiger partial charge < -0.3 is 10.1 Å². The number of aromatic nitrogens is 4. The van der Waals surface area contributed by atoms with E-state index in [0.29, 0.717) is 29.1 Å². The number of nitrogens with one attached hydrogen (secondary N) is 2. The first-order chi connectivity index (χ1) is 20.6. The molecular formula is C34H31N5O3. The molecular weight excluding hydrogens is 526 g/mol. The zero-order chi connectivity index (χ0) is 28.9. The van der Waals surface area contributed by atoms with Crippen LogP contribution < -0.4 is 10.9 Å². The van der Waals surface area contributed by atoms with Crippen LogP contribution in [0.4, 0.5) is 0 Å².